The van der Waals surface area contributed by atoms with Crippen LogP contribution >= 0.6 is 11.3 Å². The summed E-state index contributed by atoms with van der Waals surface area (Å²) in [5.74, 6) is 0.559. The van der Waals surface area contributed by atoms with Crippen LogP contribution < -0.4 is 10.4 Å². The number of ether oxygens (including phenoxy) is 2. The summed E-state index contributed by atoms with van der Waals surface area (Å²) in [6.07, 6.45) is -0.589. The van der Waals surface area contributed by atoms with Crippen LogP contribution in [0.1, 0.15) is 18.0 Å². The Morgan fingerprint density at radius 2 is 1.97 bits per heavy atom. The molecule has 0 bridgehead atoms. The van der Waals surface area contributed by atoms with Gasteiger partial charge in [-0.15, -0.1) is 16.4 Å². The molecule has 8 heteroatoms. The first-order valence-corrected chi connectivity index (χ1v) is 10.8. The summed E-state index contributed by atoms with van der Waals surface area (Å²) in [4.78, 5) is 25.0. The molecule has 32 heavy (non-hydrogen) atoms. The van der Waals surface area contributed by atoms with Crippen molar-refractivity contribution in [1.29, 1.82) is 0 Å². The van der Waals surface area contributed by atoms with E-state index in [1.165, 1.54) is 29.3 Å². The fourth-order valence-electron chi connectivity index (χ4n) is 3.52. The third-order valence-electron chi connectivity index (χ3n) is 4.96. The lowest BCUT2D eigenvalue weighted by Gasteiger charge is -2.17. The van der Waals surface area contributed by atoms with E-state index < -0.39 is 11.9 Å². The second-order valence-corrected chi connectivity index (χ2v) is 8.11. The van der Waals surface area contributed by atoms with Crippen molar-refractivity contribution < 1.29 is 18.7 Å². The van der Waals surface area contributed by atoms with Gasteiger partial charge in [-0.05, 0) is 34.7 Å². The van der Waals surface area contributed by atoms with Crippen LogP contribution in [0.5, 0.6) is 5.75 Å². The molecule has 0 radical (unpaired) electrons. The number of carbonyl (C=O) groups is 1. The van der Waals surface area contributed by atoms with Crippen molar-refractivity contribution in [3.05, 3.63) is 87.4 Å². The number of carbonyl (C=O) groups excluding carboxylic acids is 1. The van der Waals surface area contributed by atoms with E-state index >= 15 is 0 Å². The number of nitrogens with zero attached hydrogens (tertiary/aromatic N) is 2. The van der Waals surface area contributed by atoms with Crippen LogP contribution in [0.25, 0.3) is 22.1 Å². The van der Waals surface area contributed by atoms with Gasteiger partial charge >= 0.3 is 5.63 Å². The molecule has 1 aliphatic rings. The number of hydrogen-bond donors (Lipinski definition) is 0. The SMILES string of the molecule is CC(=O)N1N=C(COc2ccc3c(-c4ccccc4)cc(=O)oc3c2)OC1c1cccs1. The maximum atomic E-state index is 12.1. The van der Waals surface area contributed by atoms with E-state index in [4.69, 9.17) is 13.9 Å². The van der Waals surface area contributed by atoms with Crippen LogP contribution in [0.4, 0.5) is 0 Å². The molecule has 4 aromatic rings. The number of rotatable bonds is 5. The van der Waals surface area contributed by atoms with Crippen LogP contribution in [-0.2, 0) is 9.53 Å². The maximum absolute atomic E-state index is 12.1. The zero-order valence-electron chi connectivity index (χ0n) is 17.1. The molecule has 2 aromatic heterocycles. The Kier molecular flexibility index (Phi) is 5.20. The zero-order valence-corrected chi connectivity index (χ0v) is 17.9. The molecule has 1 amide bonds. The smallest absolute Gasteiger partial charge is 0.336 e. The lowest BCUT2D eigenvalue weighted by atomic mass is 10.0. The van der Waals surface area contributed by atoms with Crippen molar-refractivity contribution in [3.8, 4) is 16.9 Å². The zero-order chi connectivity index (χ0) is 22.1. The summed E-state index contributed by atoms with van der Waals surface area (Å²) in [5, 5.41) is 8.28. The number of hydrazone groups is 1. The molecular formula is C24H18N2O5S. The molecular weight excluding hydrogens is 428 g/mol. The Hall–Kier alpha value is -3.91. The highest BCUT2D eigenvalue weighted by molar-refractivity contribution is 7.10. The van der Waals surface area contributed by atoms with E-state index in [-0.39, 0.29) is 18.4 Å². The minimum atomic E-state index is -0.589. The molecule has 0 spiro atoms. The van der Waals surface area contributed by atoms with Gasteiger partial charge in [0.2, 0.25) is 18.0 Å². The lowest BCUT2D eigenvalue weighted by Crippen LogP contribution is -2.24. The predicted molar refractivity (Wildman–Crippen MR) is 122 cm³/mol. The number of fused-ring (bicyclic) bond motifs is 1. The Bertz CT molecular complexity index is 1360. The summed E-state index contributed by atoms with van der Waals surface area (Å²) >= 11 is 1.49. The average Bonchev–Trinajstić information content (AvgIpc) is 3.47. The Morgan fingerprint density at radius 3 is 2.72 bits per heavy atom. The number of amides is 1. The molecule has 1 aliphatic heterocycles. The van der Waals surface area contributed by atoms with E-state index in [1.54, 1.807) is 12.1 Å². The third-order valence-corrected chi connectivity index (χ3v) is 5.86. The summed E-state index contributed by atoms with van der Waals surface area (Å²) in [7, 11) is 0. The molecule has 2 aromatic carbocycles. The van der Waals surface area contributed by atoms with Gasteiger partial charge < -0.3 is 13.9 Å². The molecule has 0 aliphatic carbocycles. The average molecular weight is 446 g/mol. The van der Waals surface area contributed by atoms with Gasteiger partial charge in [-0.25, -0.2) is 4.79 Å². The van der Waals surface area contributed by atoms with E-state index in [0.717, 1.165) is 21.4 Å². The molecule has 3 heterocycles. The van der Waals surface area contributed by atoms with E-state index in [9.17, 15) is 9.59 Å². The van der Waals surface area contributed by atoms with Crippen molar-refractivity contribution >= 4 is 34.1 Å². The maximum Gasteiger partial charge on any atom is 0.336 e. The molecule has 0 saturated carbocycles. The summed E-state index contributed by atoms with van der Waals surface area (Å²) in [6.45, 7) is 1.46. The van der Waals surface area contributed by atoms with Crippen LogP contribution in [-0.4, -0.2) is 23.4 Å². The van der Waals surface area contributed by atoms with Crippen LogP contribution in [0.3, 0.4) is 0 Å². The van der Waals surface area contributed by atoms with Gasteiger partial charge in [-0.3, -0.25) is 4.79 Å². The molecule has 0 saturated heterocycles. The number of benzene rings is 2. The van der Waals surface area contributed by atoms with Gasteiger partial charge in [-0.2, -0.15) is 5.01 Å². The van der Waals surface area contributed by atoms with Gasteiger partial charge in [0.25, 0.3) is 0 Å². The van der Waals surface area contributed by atoms with Crippen molar-refractivity contribution in [2.45, 2.75) is 13.2 Å². The van der Waals surface area contributed by atoms with E-state index in [1.807, 2.05) is 53.9 Å². The van der Waals surface area contributed by atoms with E-state index in [2.05, 4.69) is 5.10 Å². The van der Waals surface area contributed by atoms with Gasteiger partial charge in [0.1, 0.15) is 11.3 Å². The van der Waals surface area contributed by atoms with Crippen LogP contribution in [0.15, 0.2) is 86.4 Å². The molecule has 1 atom stereocenters. The topological polar surface area (TPSA) is 81.3 Å². The minimum absolute atomic E-state index is 0.0275. The number of hydrogen-bond acceptors (Lipinski definition) is 7. The second-order valence-electron chi connectivity index (χ2n) is 7.13. The molecule has 160 valence electrons. The molecule has 1 unspecified atom stereocenters. The van der Waals surface area contributed by atoms with Crippen molar-refractivity contribution in [1.82, 2.24) is 5.01 Å². The van der Waals surface area contributed by atoms with Crippen LogP contribution in [0, 0.1) is 0 Å². The van der Waals surface area contributed by atoms with E-state index in [0.29, 0.717) is 11.3 Å². The summed E-state index contributed by atoms with van der Waals surface area (Å²) in [6, 6.07) is 20.2. The van der Waals surface area contributed by atoms with Crippen molar-refractivity contribution in [2.75, 3.05) is 6.61 Å². The first-order chi connectivity index (χ1) is 15.6. The van der Waals surface area contributed by atoms with Gasteiger partial charge in [0.15, 0.2) is 6.61 Å². The fraction of sp³-hybridized carbons (Fsp3) is 0.125. The molecule has 0 fully saturated rings. The fourth-order valence-corrected chi connectivity index (χ4v) is 4.25. The van der Waals surface area contributed by atoms with Gasteiger partial charge in [0.05, 0.1) is 4.88 Å². The molecule has 0 N–H and O–H groups in total. The van der Waals surface area contributed by atoms with Crippen LogP contribution in [0.2, 0.25) is 0 Å². The molecule has 5 rings (SSSR count). The summed E-state index contributed by atoms with van der Waals surface area (Å²) in [5.41, 5.74) is 1.71. The lowest BCUT2D eigenvalue weighted by molar-refractivity contribution is -0.135. The van der Waals surface area contributed by atoms with Gasteiger partial charge in [0, 0.05) is 24.4 Å². The second kappa shape index (κ2) is 8.32. The predicted octanol–water partition coefficient (Wildman–Crippen LogP) is 4.79. The van der Waals surface area contributed by atoms with Crippen molar-refractivity contribution in [3.63, 3.8) is 0 Å². The Morgan fingerprint density at radius 1 is 1.12 bits per heavy atom. The Balaban J connectivity index is 1.38. The number of thiophene rings is 1. The highest BCUT2D eigenvalue weighted by atomic mass is 32.1. The van der Waals surface area contributed by atoms with Gasteiger partial charge in [-0.1, -0.05) is 36.4 Å². The largest absolute Gasteiger partial charge is 0.484 e. The quantitative estimate of drug-likeness (QED) is 0.412. The normalized spacial score (nSPS) is 15.5. The van der Waals surface area contributed by atoms with Crippen molar-refractivity contribution in [2.24, 2.45) is 5.10 Å². The standard InChI is InChI=1S/C24H18N2O5S/c1-15(27)26-24(21-8-5-11-32-21)31-22(25-26)14-29-17-9-10-18-19(16-6-3-2-4-7-16)13-23(28)30-20(18)12-17/h2-13,24H,14H2,1H3. The first-order valence-electron chi connectivity index (χ1n) is 9.92. The monoisotopic (exact) mass is 446 g/mol. The highest BCUT2D eigenvalue weighted by Gasteiger charge is 2.33. The summed E-state index contributed by atoms with van der Waals surface area (Å²) < 4.78 is 17.1. The Labute approximate surface area is 187 Å². The highest BCUT2D eigenvalue weighted by Crippen LogP contribution is 2.32. The molecule has 7 nitrogen and oxygen atoms in total. The third kappa shape index (κ3) is 3.88. The minimum Gasteiger partial charge on any atom is -0.484 e. The first kappa shape index (κ1) is 20.0.